The summed E-state index contributed by atoms with van der Waals surface area (Å²) in [7, 11) is 0. The Hall–Kier alpha value is -1.03. The molecule has 0 saturated heterocycles. The average Bonchev–Trinajstić information content (AvgIpc) is 2.43. The number of carbonyl (C=O) groups excluding carboxylic acids is 1. The molecule has 0 fully saturated rings. The summed E-state index contributed by atoms with van der Waals surface area (Å²) in [5.74, 6) is -0.179. The number of rotatable bonds is 4. The third-order valence-corrected chi connectivity index (χ3v) is 3.90. The van der Waals surface area contributed by atoms with Crippen LogP contribution in [0.2, 0.25) is 10.0 Å². The lowest BCUT2D eigenvalue weighted by molar-refractivity contribution is 0.0954. The average molecular weight is 299 g/mol. The van der Waals surface area contributed by atoms with Crippen molar-refractivity contribution < 1.29 is 4.79 Å². The van der Waals surface area contributed by atoms with E-state index in [1.807, 2.05) is 0 Å². The first-order valence-electron chi connectivity index (χ1n) is 6.29. The van der Waals surface area contributed by atoms with Crippen molar-refractivity contribution >= 4 is 29.1 Å². The van der Waals surface area contributed by atoms with Gasteiger partial charge in [0, 0.05) is 13.1 Å². The summed E-state index contributed by atoms with van der Waals surface area (Å²) in [4.78, 5) is 12.0. The van der Waals surface area contributed by atoms with Crippen molar-refractivity contribution in [2.45, 2.75) is 12.8 Å². The van der Waals surface area contributed by atoms with Gasteiger partial charge in [-0.15, -0.1) is 0 Å². The maximum atomic E-state index is 12.0. The third-order valence-electron chi connectivity index (χ3n) is 3.09. The normalized spacial score (nSPS) is 14.9. The molecule has 102 valence electrons. The van der Waals surface area contributed by atoms with E-state index in [1.165, 1.54) is 5.57 Å². The van der Waals surface area contributed by atoms with E-state index in [9.17, 15) is 4.79 Å². The fourth-order valence-electron chi connectivity index (χ4n) is 2.01. The Morgan fingerprint density at radius 1 is 1.37 bits per heavy atom. The maximum absolute atomic E-state index is 12.0. The molecule has 2 N–H and O–H groups in total. The molecule has 19 heavy (non-hydrogen) atoms. The first-order chi connectivity index (χ1) is 9.18. The highest BCUT2D eigenvalue weighted by Crippen LogP contribution is 2.25. The minimum Gasteiger partial charge on any atom is -0.352 e. The molecule has 0 atom stereocenters. The van der Waals surface area contributed by atoms with Crippen LogP contribution >= 0.6 is 23.2 Å². The van der Waals surface area contributed by atoms with Crippen LogP contribution in [-0.4, -0.2) is 25.5 Å². The fraction of sp³-hybridized carbons (Fsp3) is 0.357. The summed E-state index contributed by atoms with van der Waals surface area (Å²) in [6.45, 7) is 2.55. The second-order valence-corrected chi connectivity index (χ2v) is 5.21. The van der Waals surface area contributed by atoms with E-state index in [1.54, 1.807) is 18.2 Å². The van der Waals surface area contributed by atoms with Gasteiger partial charge in [-0.1, -0.05) is 40.9 Å². The number of halogens is 2. The van der Waals surface area contributed by atoms with Crippen LogP contribution in [0.25, 0.3) is 0 Å². The standard InChI is InChI=1S/C14H16Cl2N2O/c15-12-3-1-2-11(13(12)16)14(19)18-9-6-10-4-7-17-8-5-10/h1-4,17H,5-9H2,(H,18,19). The van der Waals surface area contributed by atoms with E-state index in [4.69, 9.17) is 23.2 Å². The van der Waals surface area contributed by atoms with Gasteiger partial charge < -0.3 is 10.6 Å². The van der Waals surface area contributed by atoms with Crippen molar-refractivity contribution in [3.8, 4) is 0 Å². The van der Waals surface area contributed by atoms with Crippen LogP contribution in [0, 0.1) is 0 Å². The van der Waals surface area contributed by atoms with Crippen molar-refractivity contribution in [2.24, 2.45) is 0 Å². The highest BCUT2D eigenvalue weighted by atomic mass is 35.5. The maximum Gasteiger partial charge on any atom is 0.252 e. The van der Waals surface area contributed by atoms with Gasteiger partial charge in [-0.3, -0.25) is 4.79 Å². The number of nitrogens with one attached hydrogen (secondary N) is 2. The molecule has 0 aliphatic carbocycles. The lowest BCUT2D eigenvalue weighted by Gasteiger charge is -2.14. The second-order valence-electron chi connectivity index (χ2n) is 4.42. The number of carbonyl (C=O) groups is 1. The predicted molar refractivity (Wildman–Crippen MR) is 79.0 cm³/mol. The van der Waals surface area contributed by atoms with E-state index in [-0.39, 0.29) is 5.91 Å². The number of benzene rings is 1. The zero-order valence-electron chi connectivity index (χ0n) is 10.5. The van der Waals surface area contributed by atoms with E-state index in [0.29, 0.717) is 22.2 Å². The van der Waals surface area contributed by atoms with Crippen LogP contribution in [0.5, 0.6) is 0 Å². The first kappa shape index (κ1) is 14.4. The molecule has 1 aliphatic heterocycles. The summed E-state index contributed by atoms with van der Waals surface area (Å²) in [6.07, 6.45) is 4.11. The molecule has 1 aromatic carbocycles. The molecule has 0 radical (unpaired) electrons. The van der Waals surface area contributed by atoms with Crippen molar-refractivity contribution in [3.63, 3.8) is 0 Å². The molecule has 0 spiro atoms. The fourth-order valence-corrected chi connectivity index (χ4v) is 2.39. The molecule has 1 aliphatic rings. The Balaban J connectivity index is 1.87. The molecule has 1 aromatic rings. The summed E-state index contributed by atoms with van der Waals surface area (Å²) in [5.41, 5.74) is 1.81. The van der Waals surface area contributed by atoms with Crippen LogP contribution in [0.3, 0.4) is 0 Å². The van der Waals surface area contributed by atoms with Gasteiger partial charge in [-0.05, 0) is 31.5 Å². The molecule has 1 amide bonds. The molecule has 0 bridgehead atoms. The number of hydrogen-bond donors (Lipinski definition) is 2. The van der Waals surface area contributed by atoms with Crippen molar-refractivity contribution in [3.05, 3.63) is 45.5 Å². The highest BCUT2D eigenvalue weighted by molar-refractivity contribution is 6.43. The summed E-state index contributed by atoms with van der Waals surface area (Å²) >= 11 is 11.9. The van der Waals surface area contributed by atoms with Gasteiger partial charge in [0.1, 0.15) is 0 Å². The molecule has 0 saturated carbocycles. The predicted octanol–water partition coefficient (Wildman–Crippen LogP) is 3.03. The van der Waals surface area contributed by atoms with Crippen molar-refractivity contribution in [1.82, 2.24) is 10.6 Å². The van der Waals surface area contributed by atoms with E-state index >= 15 is 0 Å². The Labute approximate surface area is 123 Å². The molecule has 2 rings (SSSR count). The lowest BCUT2D eigenvalue weighted by Crippen LogP contribution is -2.26. The summed E-state index contributed by atoms with van der Waals surface area (Å²) in [5, 5.41) is 6.84. The minimum atomic E-state index is -0.179. The second kappa shape index (κ2) is 6.94. The Kier molecular flexibility index (Phi) is 5.25. The molecule has 5 heteroatoms. The quantitative estimate of drug-likeness (QED) is 0.839. The van der Waals surface area contributed by atoms with E-state index < -0.39 is 0 Å². The molecule has 3 nitrogen and oxygen atoms in total. The van der Waals surface area contributed by atoms with Crippen LogP contribution in [0.4, 0.5) is 0 Å². The number of amides is 1. The first-order valence-corrected chi connectivity index (χ1v) is 7.05. The zero-order chi connectivity index (χ0) is 13.7. The topological polar surface area (TPSA) is 41.1 Å². The largest absolute Gasteiger partial charge is 0.352 e. The molecule has 0 aromatic heterocycles. The minimum absolute atomic E-state index is 0.179. The van der Waals surface area contributed by atoms with Gasteiger partial charge in [0.05, 0.1) is 15.6 Å². The molecule has 0 unspecified atom stereocenters. The van der Waals surface area contributed by atoms with Crippen molar-refractivity contribution in [2.75, 3.05) is 19.6 Å². The smallest absolute Gasteiger partial charge is 0.252 e. The van der Waals surface area contributed by atoms with Gasteiger partial charge in [0.25, 0.3) is 5.91 Å². The van der Waals surface area contributed by atoms with Gasteiger partial charge in [0.15, 0.2) is 0 Å². The summed E-state index contributed by atoms with van der Waals surface area (Å²) in [6, 6.07) is 5.06. The van der Waals surface area contributed by atoms with E-state index in [2.05, 4.69) is 16.7 Å². The van der Waals surface area contributed by atoms with Gasteiger partial charge in [-0.2, -0.15) is 0 Å². The van der Waals surface area contributed by atoms with Crippen LogP contribution < -0.4 is 10.6 Å². The number of hydrogen-bond acceptors (Lipinski definition) is 2. The molecular formula is C14H16Cl2N2O. The highest BCUT2D eigenvalue weighted by Gasteiger charge is 2.12. The Morgan fingerprint density at radius 3 is 2.95 bits per heavy atom. The summed E-state index contributed by atoms with van der Waals surface area (Å²) < 4.78 is 0. The van der Waals surface area contributed by atoms with Crippen molar-refractivity contribution in [1.29, 1.82) is 0 Å². The lowest BCUT2D eigenvalue weighted by atomic mass is 10.1. The zero-order valence-corrected chi connectivity index (χ0v) is 12.0. The SMILES string of the molecule is O=C(NCCC1=CCNCC1)c1cccc(Cl)c1Cl. The third kappa shape index (κ3) is 3.96. The monoisotopic (exact) mass is 298 g/mol. The van der Waals surface area contributed by atoms with E-state index in [0.717, 1.165) is 25.9 Å². The van der Waals surface area contributed by atoms with Gasteiger partial charge in [0.2, 0.25) is 0 Å². The molecular weight excluding hydrogens is 283 g/mol. The van der Waals surface area contributed by atoms with Crippen LogP contribution in [-0.2, 0) is 0 Å². The van der Waals surface area contributed by atoms with Crippen LogP contribution in [0.15, 0.2) is 29.8 Å². The van der Waals surface area contributed by atoms with Crippen LogP contribution in [0.1, 0.15) is 23.2 Å². The van der Waals surface area contributed by atoms with Gasteiger partial charge >= 0.3 is 0 Å². The van der Waals surface area contributed by atoms with Gasteiger partial charge in [-0.25, -0.2) is 0 Å². The Bertz CT molecular complexity index is 500. The molecule has 1 heterocycles. The Morgan fingerprint density at radius 2 is 2.21 bits per heavy atom.